The van der Waals surface area contributed by atoms with Crippen molar-refractivity contribution in [2.24, 2.45) is 26.8 Å². The highest BCUT2D eigenvalue weighted by Gasteiger charge is 2.44. The van der Waals surface area contributed by atoms with Crippen LogP contribution in [0.2, 0.25) is 0 Å². The molecule has 0 unspecified atom stereocenters. The highest BCUT2D eigenvalue weighted by molar-refractivity contribution is 6.21. The van der Waals surface area contributed by atoms with Crippen LogP contribution in [-0.2, 0) is 14.3 Å². The molecule has 14 nitrogen and oxygen atoms in total. The molecule has 1 aliphatic carbocycles. The number of carbonyl (C=O) groups is 1. The molecule has 7 atom stereocenters. The molecule has 0 aromatic heterocycles. The molecule has 0 spiro atoms. The van der Waals surface area contributed by atoms with Crippen LogP contribution >= 0.6 is 0 Å². The van der Waals surface area contributed by atoms with Gasteiger partial charge in [-0.3, -0.25) is 4.79 Å². The molecule has 2 saturated heterocycles. The second-order valence-electron chi connectivity index (χ2n) is 14.7. The van der Waals surface area contributed by atoms with Crippen LogP contribution in [0.3, 0.4) is 0 Å². The normalized spacial score (nSPS) is 30.5. The zero-order valence-electron chi connectivity index (χ0n) is 31.2. The van der Waals surface area contributed by atoms with Crippen molar-refractivity contribution < 1.29 is 44.9 Å². The van der Waals surface area contributed by atoms with Gasteiger partial charge < -0.3 is 50.7 Å². The van der Waals surface area contributed by atoms with Gasteiger partial charge in [0.15, 0.2) is 6.29 Å². The van der Waals surface area contributed by atoms with Gasteiger partial charge in [0.25, 0.3) is 0 Å². The Morgan fingerprint density at radius 1 is 0.963 bits per heavy atom. The maximum absolute atomic E-state index is 13.2. The molecule has 8 N–H and O–H groups in total. The van der Waals surface area contributed by atoms with E-state index in [1.807, 2.05) is 32.1 Å². The van der Waals surface area contributed by atoms with E-state index in [-0.39, 0.29) is 49.7 Å². The largest absolute Gasteiger partial charge is 0.511 e. The minimum atomic E-state index is -1.55. The first-order chi connectivity index (χ1) is 25.9. The Hall–Kier alpha value is -4.28. The molecule has 0 aromatic carbocycles. The van der Waals surface area contributed by atoms with Crippen molar-refractivity contribution in [1.29, 1.82) is 0 Å². The number of aliphatic hydroxyl groups is 6. The van der Waals surface area contributed by atoms with Crippen LogP contribution in [-0.4, -0.2) is 111 Å². The van der Waals surface area contributed by atoms with Gasteiger partial charge in [-0.2, -0.15) is 0 Å². The summed E-state index contributed by atoms with van der Waals surface area (Å²) in [5.41, 5.74) is 12.5. The Kier molecular flexibility index (Phi) is 10.6. The molecule has 6 aliphatic heterocycles. The molecule has 0 aromatic rings. The fraction of sp³-hybridized carbons (Fsp3) is 0.500. The summed E-state index contributed by atoms with van der Waals surface area (Å²) in [6.45, 7) is 9.48. The van der Waals surface area contributed by atoms with Crippen molar-refractivity contribution in [3.05, 3.63) is 91.5 Å². The summed E-state index contributed by atoms with van der Waals surface area (Å²) in [5.74, 6) is -0.158. The third-order valence-electron chi connectivity index (χ3n) is 11.6. The topological polar surface area (TPSA) is 218 Å². The van der Waals surface area contributed by atoms with E-state index in [0.717, 1.165) is 85.4 Å². The molecule has 8 bridgehead atoms. The number of amides is 1. The van der Waals surface area contributed by atoms with Gasteiger partial charge in [-0.1, -0.05) is 13.8 Å². The molecule has 1 amide bonds. The summed E-state index contributed by atoms with van der Waals surface area (Å²) >= 11 is 0. The van der Waals surface area contributed by atoms with E-state index in [2.05, 4.69) is 31.4 Å². The fourth-order valence-electron chi connectivity index (χ4n) is 8.30. The van der Waals surface area contributed by atoms with Crippen molar-refractivity contribution in [2.75, 3.05) is 26.4 Å². The molecule has 54 heavy (non-hydrogen) atoms. The minimum absolute atomic E-state index is 0.0424. The number of allylic oxidation sites excluding steroid dienone is 11. The fourth-order valence-corrected chi connectivity index (χ4v) is 8.30. The number of nitrogens with one attached hydrogen (secondary N) is 2. The van der Waals surface area contributed by atoms with E-state index in [1.165, 1.54) is 0 Å². The zero-order valence-corrected chi connectivity index (χ0v) is 31.2. The second kappa shape index (κ2) is 15.1. The van der Waals surface area contributed by atoms with Crippen LogP contribution in [0.1, 0.15) is 60.3 Å². The predicted molar refractivity (Wildman–Crippen MR) is 201 cm³/mol. The molecule has 0 saturated carbocycles. The third kappa shape index (κ3) is 6.59. The van der Waals surface area contributed by atoms with Gasteiger partial charge >= 0.3 is 0 Å². The molecule has 0 radical (unpaired) electrons. The van der Waals surface area contributed by atoms with E-state index in [1.54, 1.807) is 0 Å². The standard InChI is InChI=1S/C40H49N5O9/c1-6-21-17(2)26-13-30-24(15-46)19(4)25(43-30)12-27-18(3)22(7-8-33(49)41-9-10-53-40-39(52)38(51)37(50)32(16-47)54-40)35(44-27)23-11-31(48)34-20(5)28(45-36(23)34)14-29(21)42-26/h12-14,18,22,32,37-40,44,46-48,50-52H,6-11,15-16H2,1-5H3,(H,41,49)/t18-,22-,32+,37-,38-,39+,40+/m0/s1. The van der Waals surface area contributed by atoms with Crippen LogP contribution in [0.25, 0.3) is 0 Å². The summed E-state index contributed by atoms with van der Waals surface area (Å²) in [4.78, 5) is 28.2. The number of hydrogen-bond acceptors (Lipinski definition) is 13. The second-order valence-corrected chi connectivity index (χ2v) is 14.7. The van der Waals surface area contributed by atoms with Gasteiger partial charge in [-0.15, -0.1) is 0 Å². The maximum Gasteiger partial charge on any atom is 0.220 e. The number of rotatable bonds is 10. The first-order valence-electron chi connectivity index (χ1n) is 18.6. The van der Waals surface area contributed by atoms with Crippen molar-refractivity contribution in [2.45, 2.75) is 91.0 Å². The lowest BCUT2D eigenvalue weighted by atomic mass is 9.86. The Bertz CT molecular complexity index is 2010. The summed E-state index contributed by atoms with van der Waals surface area (Å²) in [6.07, 6.45) is 0.733. The molecule has 288 valence electrons. The quantitative estimate of drug-likeness (QED) is 0.153. The zero-order chi connectivity index (χ0) is 38.6. The number of carbonyl (C=O) groups excluding carboxylic acids is 1. The first kappa shape index (κ1) is 38.0. The number of aliphatic imine (C=N–C) groups is 3. The van der Waals surface area contributed by atoms with E-state index in [9.17, 15) is 35.4 Å². The van der Waals surface area contributed by atoms with E-state index < -0.39 is 37.3 Å². The van der Waals surface area contributed by atoms with Gasteiger partial charge in [0.05, 0.1) is 54.0 Å². The average Bonchev–Trinajstić information content (AvgIpc) is 3.91. The monoisotopic (exact) mass is 743 g/mol. The lowest BCUT2D eigenvalue weighted by Gasteiger charge is -2.39. The Labute approximate surface area is 313 Å². The molecule has 7 rings (SSSR count). The van der Waals surface area contributed by atoms with Gasteiger partial charge in [-0.25, -0.2) is 15.0 Å². The summed E-state index contributed by atoms with van der Waals surface area (Å²) in [5, 5.41) is 68.0. The molecule has 6 heterocycles. The number of ether oxygens (including phenoxy) is 2. The van der Waals surface area contributed by atoms with Crippen LogP contribution < -0.4 is 10.6 Å². The third-order valence-corrected chi connectivity index (χ3v) is 11.6. The predicted octanol–water partition coefficient (Wildman–Crippen LogP) is 2.36. The first-order valence-corrected chi connectivity index (χ1v) is 18.6. The Balaban J connectivity index is 1.16. The average molecular weight is 744 g/mol. The van der Waals surface area contributed by atoms with Gasteiger partial charge in [0.1, 0.15) is 30.2 Å². The van der Waals surface area contributed by atoms with Gasteiger partial charge in [0.2, 0.25) is 5.91 Å². The Morgan fingerprint density at radius 2 is 1.67 bits per heavy atom. The van der Waals surface area contributed by atoms with Crippen LogP contribution in [0, 0.1) is 11.8 Å². The van der Waals surface area contributed by atoms with Crippen molar-refractivity contribution in [3.8, 4) is 0 Å². The van der Waals surface area contributed by atoms with Gasteiger partial charge in [-0.05, 0) is 74.1 Å². The van der Waals surface area contributed by atoms with Crippen molar-refractivity contribution in [3.63, 3.8) is 0 Å². The molecule has 2 fully saturated rings. The minimum Gasteiger partial charge on any atom is -0.511 e. The van der Waals surface area contributed by atoms with E-state index in [0.29, 0.717) is 18.5 Å². The summed E-state index contributed by atoms with van der Waals surface area (Å²) in [7, 11) is 0. The SMILES string of the molecule is CCC1=C(C)C2=NC1=CC1=C(C)C3=C(O)CC(=C4NC(=CC5=NC(=C2)C(CO)=C5C)[C@@H](C)[C@@H]4CCC(=O)NCCO[C@@H]2O[C@H](CO)[C@H](O)[C@H](O)[C@H]2O)C3=N1. The number of nitrogens with zero attached hydrogens (tertiary/aromatic N) is 3. The van der Waals surface area contributed by atoms with Crippen LogP contribution in [0.5, 0.6) is 0 Å². The maximum atomic E-state index is 13.2. The lowest BCUT2D eigenvalue weighted by molar-refractivity contribution is -0.300. The summed E-state index contributed by atoms with van der Waals surface area (Å²) in [6, 6.07) is 0. The summed E-state index contributed by atoms with van der Waals surface area (Å²) < 4.78 is 10.9. The Morgan fingerprint density at radius 3 is 2.37 bits per heavy atom. The van der Waals surface area contributed by atoms with Crippen LogP contribution in [0.4, 0.5) is 0 Å². The molecular formula is C40H49N5O9. The molecule has 7 aliphatic rings. The van der Waals surface area contributed by atoms with Crippen molar-refractivity contribution in [1.82, 2.24) is 10.6 Å². The smallest absolute Gasteiger partial charge is 0.220 e. The van der Waals surface area contributed by atoms with E-state index in [4.69, 9.17) is 24.5 Å². The number of fused-ring (bicyclic) bond motifs is 5. The van der Waals surface area contributed by atoms with E-state index >= 15 is 0 Å². The van der Waals surface area contributed by atoms with Gasteiger partial charge in [0, 0.05) is 59.3 Å². The molecular weight excluding hydrogens is 694 g/mol. The van der Waals surface area contributed by atoms with Crippen LogP contribution in [0.15, 0.2) is 106 Å². The number of hydrogen-bond donors (Lipinski definition) is 8. The van der Waals surface area contributed by atoms with Crippen molar-refractivity contribution >= 4 is 23.0 Å². The lowest BCUT2D eigenvalue weighted by Crippen LogP contribution is -2.59. The highest BCUT2D eigenvalue weighted by Crippen LogP contribution is 2.46. The number of aliphatic hydroxyl groups excluding tert-OH is 6. The highest BCUT2D eigenvalue weighted by atomic mass is 16.7. The molecule has 14 heteroatoms.